The van der Waals surface area contributed by atoms with E-state index in [0.717, 1.165) is 22.6 Å². The van der Waals surface area contributed by atoms with E-state index in [2.05, 4.69) is 46.7 Å². The van der Waals surface area contributed by atoms with Crippen LogP contribution in [0.4, 0.5) is 0 Å². The molecule has 1 aliphatic heterocycles. The summed E-state index contributed by atoms with van der Waals surface area (Å²) in [4.78, 5) is 12.2. The standard InChI is InChI=1S/C20H21N3O2S/c1-13-4-6-15(7-5-13)12-18-19(24)21-20(26-18)23-22-14(2)16-8-10-17(25-3)11-9-16/h4-11,18H,12H2,1-3H3,(H,21,23,24)/b22-14+. The summed E-state index contributed by atoms with van der Waals surface area (Å²) in [5, 5.41) is 11.6. The largest absolute Gasteiger partial charge is 0.497 e. The molecule has 0 radical (unpaired) electrons. The van der Waals surface area contributed by atoms with Crippen LogP contribution >= 0.6 is 11.8 Å². The quantitative estimate of drug-likeness (QED) is 0.649. The van der Waals surface area contributed by atoms with Crippen molar-refractivity contribution in [2.24, 2.45) is 10.2 Å². The summed E-state index contributed by atoms with van der Waals surface area (Å²) >= 11 is 1.42. The summed E-state index contributed by atoms with van der Waals surface area (Å²) in [6.07, 6.45) is 0.678. The molecule has 0 saturated carbocycles. The molecule has 1 N–H and O–H groups in total. The van der Waals surface area contributed by atoms with Gasteiger partial charge in [-0.1, -0.05) is 41.6 Å². The van der Waals surface area contributed by atoms with Crippen LogP contribution in [0.3, 0.4) is 0 Å². The van der Waals surface area contributed by atoms with E-state index in [9.17, 15) is 4.79 Å². The predicted molar refractivity (Wildman–Crippen MR) is 107 cm³/mol. The highest BCUT2D eigenvalue weighted by atomic mass is 32.2. The third-order valence-corrected chi connectivity index (χ3v) is 5.19. The number of carbonyl (C=O) groups excluding carboxylic acids is 1. The molecule has 1 fully saturated rings. The SMILES string of the molecule is COc1ccc(/C(C)=N/N=C2\NC(=O)C(Cc3ccc(C)cc3)S2)cc1. The summed E-state index contributed by atoms with van der Waals surface area (Å²) in [5.41, 5.74) is 4.09. The molecule has 1 heterocycles. The van der Waals surface area contributed by atoms with Gasteiger partial charge in [0.25, 0.3) is 0 Å². The number of methoxy groups -OCH3 is 1. The molecule has 0 spiro atoms. The van der Waals surface area contributed by atoms with Crippen molar-refractivity contribution in [1.29, 1.82) is 0 Å². The number of hydrogen-bond donors (Lipinski definition) is 1. The average molecular weight is 367 g/mol. The highest BCUT2D eigenvalue weighted by Crippen LogP contribution is 2.23. The second kappa shape index (κ2) is 8.19. The minimum Gasteiger partial charge on any atom is -0.497 e. The van der Waals surface area contributed by atoms with Gasteiger partial charge in [-0.2, -0.15) is 5.10 Å². The number of carbonyl (C=O) groups is 1. The van der Waals surface area contributed by atoms with Gasteiger partial charge in [-0.15, -0.1) is 5.10 Å². The van der Waals surface area contributed by atoms with Gasteiger partial charge in [-0.05, 0) is 55.7 Å². The Bertz CT molecular complexity index is 842. The Labute approximate surface area is 157 Å². The number of aryl methyl sites for hydroxylation is 1. The van der Waals surface area contributed by atoms with Crippen molar-refractivity contribution in [3.05, 3.63) is 65.2 Å². The van der Waals surface area contributed by atoms with Crippen LogP contribution in [-0.4, -0.2) is 29.1 Å². The number of rotatable bonds is 5. The normalized spacial score (nSPS) is 18.9. The number of benzene rings is 2. The van der Waals surface area contributed by atoms with Crippen LogP contribution in [-0.2, 0) is 11.2 Å². The molecule has 5 nitrogen and oxygen atoms in total. The van der Waals surface area contributed by atoms with Crippen molar-refractivity contribution in [2.75, 3.05) is 7.11 Å². The van der Waals surface area contributed by atoms with Crippen LogP contribution in [0.25, 0.3) is 0 Å². The molecule has 6 heteroatoms. The smallest absolute Gasteiger partial charge is 0.239 e. The Morgan fingerprint density at radius 3 is 2.50 bits per heavy atom. The third kappa shape index (κ3) is 4.52. The molecular formula is C20H21N3O2S. The summed E-state index contributed by atoms with van der Waals surface area (Å²) in [7, 11) is 1.63. The lowest BCUT2D eigenvalue weighted by Crippen LogP contribution is -2.25. The maximum Gasteiger partial charge on any atom is 0.239 e. The summed E-state index contributed by atoms with van der Waals surface area (Å²) in [5.74, 6) is 0.775. The zero-order chi connectivity index (χ0) is 18.5. The first-order chi connectivity index (χ1) is 12.5. The van der Waals surface area contributed by atoms with Crippen molar-refractivity contribution in [3.63, 3.8) is 0 Å². The molecule has 0 aliphatic carbocycles. The van der Waals surface area contributed by atoms with Gasteiger partial charge in [-0.3, -0.25) is 4.79 Å². The molecule has 1 aliphatic rings. The topological polar surface area (TPSA) is 63.1 Å². The van der Waals surface area contributed by atoms with Crippen molar-refractivity contribution < 1.29 is 9.53 Å². The van der Waals surface area contributed by atoms with Gasteiger partial charge in [0, 0.05) is 0 Å². The summed E-state index contributed by atoms with van der Waals surface area (Å²) < 4.78 is 5.15. The number of ether oxygens (including phenoxy) is 1. The summed E-state index contributed by atoms with van der Waals surface area (Å²) in [6.45, 7) is 3.94. The zero-order valence-corrected chi connectivity index (χ0v) is 15.8. The van der Waals surface area contributed by atoms with Crippen LogP contribution < -0.4 is 10.1 Å². The van der Waals surface area contributed by atoms with Gasteiger partial charge in [0.2, 0.25) is 5.91 Å². The van der Waals surface area contributed by atoms with Crippen molar-refractivity contribution in [3.8, 4) is 5.75 Å². The van der Waals surface area contributed by atoms with Crippen molar-refractivity contribution in [1.82, 2.24) is 5.32 Å². The molecule has 1 atom stereocenters. The van der Waals surface area contributed by atoms with E-state index in [1.54, 1.807) is 7.11 Å². The first-order valence-electron chi connectivity index (χ1n) is 8.35. The molecule has 2 aromatic carbocycles. The number of hydrogen-bond acceptors (Lipinski definition) is 5. The van der Waals surface area contributed by atoms with E-state index in [1.165, 1.54) is 17.3 Å². The van der Waals surface area contributed by atoms with Crippen LogP contribution in [0.5, 0.6) is 5.75 Å². The van der Waals surface area contributed by atoms with Crippen molar-refractivity contribution >= 4 is 28.5 Å². The van der Waals surface area contributed by atoms with E-state index in [4.69, 9.17) is 4.74 Å². The molecule has 0 aromatic heterocycles. The van der Waals surface area contributed by atoms with Gasteiger partial charge < -0.3 is 10.1 Å². The predicted octanol–water partition coefficient (Wildman–Crippen LogP) is 3.56. The van der Waals surface area contributed by atoms with Gasteiger partial charge in [0.1, 0.15) is 5.75 Å². The number of thioether (sulfide) groups is 1. The summed E-state index contributed by atoms with van der Waals surface area (Å²) in [6, 6.07) is 15.9. The Balaban J connectivity index is 1.65. The Hall–Kier alpha value is -2.60. The fraction of sp³-hybridized carbons (Fsp3) is 0.250. The first-order valence-corrected chi connectivity index (χ1v) is 9.23. The number of nitrogens with one attached hydrogen (secondary N) is 1. The lowest BCUT2D eigenvalue weighted by Gasteiger charge is -2.05. The van der Waals surface area contributed by atoms with E-state index < -0.39 is 0 Å². The molecule has 1 unspecified atom stereocenters. The van der Waals surface area contributed by atoms with Crippen LogP contribution in [0.2, 0.25) is 0 Å². The molecule has 134 valence electrons. The fourth-order valence-electron chi connectivity index (χ4n) is 2.54. The van der Waals surface area contributed by atoms with Crippen LogP contribution in [0, 0.1) is 6.92 Å². The second-order valence-electron chi connectivity index (χ2n) is 6.10. The van der Waals surface area contributed by atoms with Crippen molar-refractivity contribution in [2.45, 2.75) is 25.5 Å². The van der Waals surface area contributed by atoms with Gasteiger partial charge in [0.15, 0.2) is 5.17 Å². The Kier molecular flexibility index (Phi) is 5.73. The molecule has 3 rings (SSSR count). The Morgan fingerprint density at radius 1 is 1.15 bits per heavy atom. The van der Waals surface area contributed by atoms with Crippen LogP contribution in [0.15, 0.2) is 58.7 Å². The lowest BCUT2D eigenvalue weighted by molar-refractivity contribution is -0.118. The van der Waals surface area contributed by atoms with E-state index >= 15 is 0 Å². The molecule has 2 aromatic rings. The molecule has 0 bridgehead atoms. The maximum atomic E-state index is 12.2. The zero-order valence-electron chi connectivity index (χ0n) is 15.0. The monoisotopic (exact) mass is 367 g/mol. The minimum atomic E-state index is -0.173. The second-order valence-corrected chi connectivity index (χ2v) is 7.30. The number of amidine groups is 1. The average Bonchev–Trinajstić information content (AvgIpc) is 3.01. The number of amides is 1. The molecule has 26 heavy (non-hydrogen) atoms. The van der Waals surface area contributed by atoms with E-state index in [0.29, 0.717) is 11.6 Å². The highest BCUT2D eigenvalue weighted by molar-refractivity contribution is 8.15. The fourth-order valence-corrected chi connectivity index (χ4v) is 3.49. The maximum absolute atomic E-state index is 12.2. The third-order valence-electron chi connectivity index (χ3n) is 4.12. The molecule has 1 saturated heterocycles. The first kappa shape index (κ1) is 18.2. The Morgan fingerprint density at radius 2 is 1.85 bits per heavy atom. The van der Waals surface area contributed by atoms with E-state index in [-0.39, 0.29) is 11.2 Å². The molecular weight excluding hydrogens is 346 g/mol. The molecule has 1 amide bonds. The van der Waals surface area contributed by atoms with Gasteiger partial charge >= 0.3 is 0 Å². The van der Waals surface area contributed by atoms with Crippen LogP contribution in [0.1, 0.15) is 23.6 Å². The number of nitrogens with zero attached hydrogens (tertiary/aromatic N) is 2. The van der Waals surface area contributed by atoms with Gasteiger partial charge in [-0.25, -0.2) is 0 Å². The minimum absolute atomic E-state index is 0.0216. The lowest BCUT2D eigenvalue weighted by atomic mass is 10.1. The highest BCUT2D eigenvalue weighted by Gasteiger charge is 2.30. The van der Waals surface area contributed by atoms with E-state index in [1.807, 2.05) is 31.2 Å². The van der Waals surface area contributed by atoms with Gasteiger partial charge in [0.05, 0.1) is 18.1 Å².